The molecule has 0 saturated heterocycles. The monoisotopic (exact) mass is 192 g/mol. The quantitative estimate of drug-likeness (QED) is 0.755. The highest BCUT2D eigenvalue weighted by Gasteiger charge is 2.16. The van der Waals surface area contributed by atoms with Crippen LogP contribution in [-0.4, -0.2) is 20.1 Å². The molecule has 0 saturated carbocycles. The fourth-order valence-electron chi connectivity index (χ4n) is 1.67. The number of hydrogen-bond donors (Lipinski definition) is 1. The van der Waals surface area contributed by atoms with Crippen molar-refractivity contribution in [2.24, 2.45) is 5.73 Å². The largest absolute Gasteiger partial charge is 0.365 e. The fraction of sp³-hybridized carbons (Fsp3) is 0.333. The predicted molar refractivity (Wildman–Crippen MR) is 52.1 cm³/mol. The van der Waals surface area contributed by atoms with Crippen LogP contribution in [0.3, 0.4) is 0 Å². The molecule has 2 rings (SSSR count). The van der Waals surface area contributed by atoms with E-state index >= 15 is 0 Å². The van der Waals surface area contributed by atoms with Crippen LogP contribution in [0, 0.1) is 6.92 Å². The van der Waals surface area contributed by atoms with Crippen LogP contribution in [0.4, 0.5) is 0 Å². The van der Waals surface area contributed by atoms with Crippen molar-refractivity contribution in [1.29, 1.82) is 0 Å². The standard InChI is InChI=1S/C9H12N4O/c1-3-12-4-5-13-9(12)7(8(10)14)6(2)11-13/h4-5H,3H2,1-2H3,(H2,10,14). The summed E-state index contributed by atoms with van der Waals surface area (Å²) >= 11 is 0. The predicted octanol–water partition coefficient (Wildman–Crippen LogP) is 0.563. The van der Waals surface area contributed by atoms with E-state index in [1.165, 1.54) is 0 Å². The number of imidazole rings is 1. The Bertz CT molecular complexity index is 494. The van der Waals surface area contributed by atoms with Crippen LogP contribution < -0.4 is 5.73 Å². The lowest BCUT2D eigenvalue weighted by atomic mass is 10.2. The molecule has 0 aliphatic heterocycles. The Morgan fingerprint density at radius 2 is 2.29 bits per heavy atom. The van der Waals surface area contributed by atoms with E-state index in [9.17, 15) is 4.79 Å². The maximum absolute atomic E-state index is 11.2. The van der Waals surface area contributed by atoms with Gasteiger partial charge in [0.1, 0.15) is 11.2 Å². The average Bonchev–Trinajstić information content (AvgIpc) is 2.60. The molecule has 2 aromatic rings. The SMILES string of the molecule is CCn1ccn2nc(C)c(C(N)=O)c12. The van der Waals surface area contributed by atoms with Gasteiger partial charge in [-0.2, -0.15) is 5.10 Å². The Balaban J connectivity index is 2.82. The first-order valence-corrected chi connectivity index (χ1v) is 4.49. The summed E-state index contributed by atoms with van der Waals surface area (Å²) in [6.07, 6.45) is 3.70. The van der Waals surface area contributed by atoms with Crippen LogP contribution in [0.15, 0.2) is 12.4 Å². The highest BCUT2D eigenvalue weighted by molar-refractivity contribution is 6.00. The molecular formula is C9H12N4O. The summed E-state index contributed by atoms with van der Waals surface area (Å²) < 4.78 is 3.62. The third-order valence-corrected chi connectivity index (χ3v) is 2.31. The van der Waals surface area contributed by atoms with Gasteiger partial charge in [0.15, 0.2) is 0 Å². The maximum atomic E-state index is 11.2. The first kappa shape index (κ1) is 8.80. The Morgan fingerprint density at radius 1 is 1.57 bits per heavy atom. The van der Waals surface area contributed by atoms with Gasteiger partial charge in [-0.15, -0.1) is 0 Å². The lowest BCUT2D eigenvalue weighted by molar-refractivity contribution is 0.100. The van der Waals surface area contributed by atoms with Gasteiger partial charge >= 0.3 is 0 Å². The third-order valence-electron chi connectivity index (χ3n) is 2.31. The van der Waals surface area contributed by atoms with E-state index in [2.05, 4.69) is 5.10 Å². The molecule has 14 heavy (non-hydrogen) atoms. The molecule has 0 radical (unpaired) electrons. The molecule has 0 aliphatic rings. The number of aromatic nitrogens is 3. The molecule has 2 N–H and O–H groups in total. The number of nitrogens with two attached hydrogens (primary N) is 1. The first-order chi connectivity index (χ1) is 6.65. The number of carbonyl (C=O) groups excluding carboxylic acids is 1. The third kappa shape index (κ3) is 1.02. The summed E-state index contributed by atoms with van der Waals surface area (Å²) in [4.78, 5) is 11.2. The summed E-state index contributed by atoms with van der Waals surface area (Å²) in [6.45, 7) is 4.59. The number of rotatable bonds is 2. The van der Waals surface area contributed by atoms with E-state index in [4.69, 9.17) is 5.73 Å². The second-order valence-electron chi connectivity index (χ2n) is 3.18. The second kappa shape index (κ2) is 2.87. The first-order valence-electron chi connectivity index (χ1n) is 4.49. The molecule has 2 aromatic heterocycles. The van der Waals surface area contributed by atoms with Crippen molar-refractivity contribution in [3.8, 4) is 0 Å². The number of fused-ring (bicyclic) bond motifs is 1. The Hall–Kier alpha value is -1.78. The topological polar surface area (TPSA) is 65.3 Å². The molecular weight excluding hydrogens is 180 g/mol. The van der Waals surface area contributed by atoms with E-state index in [0.717, 1.165) is 12.2 Å². The molecule has 5 heteroatoms. The van der Waals surface area contributed by atoms with Gasteiger partial charge in [0.05, 0.1) is 5.69 Å². The molecule has 1 amide bonds. The molecule has 0 bridgehead atoms. The Kier molecular flexibility index (Phi) is 1.80. The number of nitrogens with zero attached hydrogens (tertiary/aromatic N) is 3. The van der Waals surface area contributed by atoms with E-state index in [0.29, 0.717) is 11.3 Å². The fourth-order valence-corrected chi connectivity index (χ4v) is 1.67. The van der Waals surface area contributed by atoms with Crippen molar-refractivity contribution in [3.63, 3.8) is 0 Å². The zero-order valence-corrected chi connectivity index (χ0v) is 8.19. The molecule has 0 aromatic carbocycles. The molecule has 0 aliphatic carbocycles. The maximum Gasteiger partial charge on any atom is 0.254 e. The summed E-state index contributed by atoms with van der Waals surface area (Å²) in [5.41, 5.74) is 7.26. The van der Waals surface area contributed by atoms with Crippen LogP contribution in [0.5, 0.6) is 0 Å². The van der Waals surface area contributed by atoms with Crippen LogP contribution in [0.2, 0.25) is 0 Å². The lowest BCUT2D eigenvalue weighted by Crippen LogP contribution is -2.13. The van der Waals surface area contributed by atoms with Crippen molar-refractivity contribution in [2.75, 3.05) is 0 Å². The summed E-state index contributed by atoms with van der Waals surface area (Å²) in [5, 5.41) is 4.20. The average molecular weight is 192 g/mol. The van der Waals surface area contributed by atoms with Crippen molar-refractivity contribution >= 4 is 11.6 Å². The number of amides is 1. The number of aryl methyl sites for hydroxylation is 2. The Morgan fingerprint density at radius 3 is 2.86 bits per heavy atom. The van der Waals surface area contributed by atoms with Crippen LogP contribution in [0.1, 0.15) is 23.0 Å². The molecule has 0 unspecified atom stereocenters. The van der Waals surface area contributed by atoms with Gasteiger partial charge in [0.25, 0.3) is 5.91 Å². The van der Waals surface area contributed by atoms with Crippen molar-refractivity contribution in [1.82, 2.24) is 14.2 Å². The van der Waals surface area contributed by atoms with Gasteiger partial charge in [0, 0.05) is 18.9 Å². The van der Waals surface area contributed by atoms with Gasteiger partial charge in [-0.05, 0) is 13.8 Å². The number of hydrogen-bond acceptors (Lipinski definition) is 2. The second-order valence-corrected chi connectivity index (χ2v) is 3.18. The molecule has 5 nitrogen and oxygen atoms in total. The number of primary amides is 1. The minimum Gasteiger partial charge on any atom is -0.365 e. The molecule has 2 heterocycles. The minimum absolute atomic E-state index is 0.425. The molecule has 0 spiro atoms. The van der Waals surface area contributed by atoms with Crippen LogP contribution in [-0.2, 0) is 6.54 Å². The minimum atomic E-state index is -0.425. The molecule has 0 fully saturated rings. The zero-order valence-electron chi connectivity index (χ0n) is 8.19. The number of carbonyl (C=O) groups is 1. The van der Waals surface area contributed by atoms with E-state index in [-0.39, 0.29) is 0 Å². The van der Waals surface area contributed by atoms with Gasteiger partial charge < -0.3 is 10.3 Å². The summed E-state index contributed by atoms with van der Waals surface area (Å²) in [6, 6.07) is 0. The lowest BCUT2D eigenvalue weighted by Gasteiger charge is -1.98. The smallest absolute Gasteiger partial charge is 0.254 e. The normalized spacial score (nSPS) is 11.0. The van der Waals surface area contributed by atoms with E-state index in [1.807, 2.05) is 23.9 Å². The summed E-state index contributed by atoms with van der Waals surface area (Å²) in [5.74, 6) is -0.425. The summed E-state index contributed by atoms with van der Waals surface area (Å²) in [7, 11) is 0. The van der Waals surface area contributed by atoms with E-state index < -0.39 is 5.91 Å². The van der Waals surface area contributed by atoms with Crippen LogP contribution >= 0.6 is 0 Å². The van der Waals surface area contributed by atoms with Gasteiger partial charge in [-0.1, -0.05) is 0 Å². The van der Waals surface area contributed by atoms with Crippen molar-refractivity contribution < 1.29 is 4.79 Å². The van der Waals surface area contributed by atoms with Crippen LogP contribution in [0.25, 0.3) is 5.65 Å². The van der Waals surface area contributed by atoms with Crippen molar-refractivity contribution in [3.05, 3.63) is 23.7 Å². The zero-order chi connectivity index (χ0) is 10.3. The highest BCUT2D eigenvalue weighted by Crippen LogP contribution is 2.15. The Labute approximate surface area is 81.1 Å². The highest BCUT2D eigenvalue weighted by atomic mass is 16.1. The van der Waals surface area contributed by atoms with Gasteiger partial charge in [0.2, 0.25) is 0 Å². The van der Waals surface area contributed by atoms with Gasteiger partial charge in [-0.3, -0.25) is 4.79 Å². The molecule has 0 atom stereocenters. The molecule has 74 valence electrons. The van der Waals surface area contributed by atoms with Gasteiger partial charge in [-0.25, -0.2) is 4.52 Å². The van der Waals surface area contributed by atoms with E-state index in [1.54, 1.807) is 11.4 Å². The van der Waals surface area contributed by atoms with Crippen molar-refractivity contribution in [2.45, 2.75) is 20.4 Å².